The van der Waals surface area contributed by atoms with E-state index in [1.165, 1.54) is 0 Å². The maximum Gasteiger partial charge on any atom is 0.333 e. The molecule has 1 fully saturated rings. The van der Waals surface area contributed by atoms with Gasteiger partial charge in [-0.15, -0.1) is 5.06 Å². The molecule has 1 aromatic heterocycles. The number of para-hydroxylation sites is 2. The fourth-order valence-corrected chi connectivity index (χ4v) is 3.84. The van der Waals surface area contributed by atoms with Crippen molar-refractivity contribution in [3.63, 3.8) is 0 Å². The van der Waals surface area contributed by atoms with E-state index < -0.39 is 17.8 Å². The molecule has 1 aliphatic rings. The van der Waals surface area contributed by atoms with Crippen molar-refractivity contribution in [2.75, 3.05) is 0 Å². The van der Waals surface area contributed by atoms with E-state index in [1.54, 1.807) is 0 Å². The largest absolute Gasteiger partial charge is 0.340 e. The van der Waals surface area contributed by atoms with Crippen molar-refractivity contribution < 1.29 is 19.2 Å². The van der Waals surface area contributed by atoms with Crippen LogP contribution in [0.25, 0.3) is 21.8 Å². The zero-order valence-corrected chi connectivity index (χ0v) is 16.5. The van der Waals surface area contributed by atoms with E-state index in [0.29, 0.717) is 28.8 Å². The first-order valence-corrected chi connectivity index (χ1v) is 10.1. The van der Waals surface area contributed by atoms with E-state index in [-0.39, 0.29) is 24.7 Å². The topological polar surface area (TPSA) is 85.7 Å². The van der Waals surface area contributed by atoms with Gasteiger partial charge in [0, 0.05) is 36.6 Å². The standard InChI is InChI=1S/C23H22N2O5/c26-20-13-14-21(27)25(20)30-22(28)12-2-1-7-15-24-18-10-5-3-8-16(18)23(29)17-9-4-6-11-19(17)24/h3-6,8-11H,1-2,7,12-15H2. The van der Waals surface area contributed by atoms with Crippen molar-refractivity contribution in [1.29, 1.82) is 0 Å². The number of carbonyl (C=O) groups excluding carboxylic acids is 3. The van der Waals surface area contributed by atoms with Crippen LogP contribution < -0.4 is 5.43 Å². The average Bonchev–Trinajstić information content (AvgIpc) is 3.07. The van der Waals surface area contributed by atoms with E-state index in [1.807, 2.05) is 48.5 Å². The highest BCUT2D eigenvalue weighted by atomic mass is 16.7. The van der Waals surface area contributed by atoms with Crippen molar-refractivity contribution in [2.24, 2.45) is 0 Å². The number of rotatable bonds is 7. The highest BCUT2D eigenvalue weighted by molar-refractivity contribution is 6.01. The van der Waals surface area contributed by atoms with Crippen molar-refractivity contribution in [3.05, 3.63) is 58.8 Å². The number of imide groups is 1. The number of aromatic nitrogens is 1. The third kappa shape index (κ3) is 3.83. The molecule has 1 aliphatic heterocycles. The summed E-state index contributed by atoms with van der Waals surface area (Å²) in [4.78, 5) is 52.5. The SMILES string of the molecule is O=C(CCCCCn1c2ccccc2c(=O)c2ccccc21)ON1C(=O)CCC1=O. The van der Waals surface area contributed by atoms with Crippen LogP contribution in [-0.4, -0.2) is 27.4 Å². The van der Waals surface area contributed by atoms with Crippen LogP contribution in [0.15, 0.2) is 53.3 Å². The van der Waals surface area contributed by atoms with Gasteiger partial charge in [0.2, 0.25) is 0 Å². The maximum atomic E-state index is 12.8. The molecule has 0 unspecified atom stereocenters. The number of benzene rings is 2. The van der Waals surface area contributed by atoms with E-state index >= 15 is 0 Å². The molecule has 2 aromatic carbocycles. The number of hydrogen-bond acceptors (Lipinski definition) is 5. The molecule has 7 nitrogen and oxygen atoms in total. The molecule has 7 heteroatoms. The molecule has 0 aliphatic carbocycles. The third-order valence-electron chi connectivity index (χ3n) is 5.34. The molecule has 0 N–H and O–H groups in total. The number of nitrogens with zero attached hydrogens (tertiary/aromatic N) is 2. The number of fused-ring (bicyclic) bond motifs is 2. The van der Waals surface area contributed by atoms with Crippen LogP contribution in [0.2, 0.25) is 0 Å². The summed E-state index contributed by atoms with van der Waals surface area (Å²) in [6.07, 6.45) is 2.49. The second-order valence-electron chi connectivity index (χ2n) is 7.37. The second-order valence-corrected chi connectivity index (χ2v) is 7.37. The third-order valence-corrected chi connectivity index (χ3v) is 5.34. The summed E-state index contributed by atoms with van der Waals surface area (Å²) in [6, 6.07) is 15.2. The first-order valence-electron chi connectivity index (χ1n) is 10.1. The van der Waals surface area contributed by atoms with Gasteiger partial charge in [0.25, 0.3) is 11.8 Å². The zero-order valence-electron chi connectivity index (χ0n) is 16.5. The van der Waals surface area contributed by atoms with E-state index in [4.69, 9.17) is 4.84 Å². The van der Waals surface area contributed by atoms with Crippen molar-refractivity contribution >= 4 is 39.6 Å². The number of hydroxylamine groups is 2. The summed E-state index contributed by atoms with van der Waals surface area (Å²) < 4.78 is 2.14. The molecular weight excluding hydrogens is 384 g/mol. The van der Waals surface area contributed by atoms with Crippen LogP contribution in [0.4, 0.5) is 0 Å². The van der Waals surface area contributed by atoms with Gasteiger partial charge in [0.15, 0.2) is 5.43 Å². The zero-order chi connectivity index (χ0) is 21.1. The number of amides is 2. The van der Waals surface area contributed by atoms with E-state index in [9.17, 15) is 19.2 Å². The Kier molecular flexibility index (Phi) is 5.61. The highest BCUT2D eigenvalue weighted by Gasteiger charge is 2.32. The van der Waals surface area contributed by atoms with Crippen LogP contribution in [0.3, 0.4) is 0 Å². The fraction of sp³-hybridized carbons (Fsp3) is 0.304. The Hall–Kier alpha value is -3.48. The Morgan fingerprint density at radius 3 is 1.97 bits per heavy atom. The molecule has 30 heavy (non-hydrogen) atoms. The summed E-state index contributed by atoms with van der Waals surface area (Å²) >= 11 is 0. The highest BCUT2D eigenvalue weighted by Crippen LogP contribution is 2.20. The quantitative estimate of drug-likeness (QED) is 0.341. The van der Waals surface area contributed by atoms with Crippen molar-refractivity contribution in [1.82, 2.24) is 9.63 Å². The lowest BCUT2D eigenvalue weighted by molar-refractivity contribution is -0.197. The molecule has 1 saturated heterocycles. The number of hydrogen-bond donors (Lipinski definition) is 0. The van der Waals surface area contributed by atoms with Gasteiger partial charge in [-0.3, -0.25) is 14.4 Å². The minimum Gasteiger partial charge on any atom is -0.340 e. The van der Waals surface area contributed by atoms with Gasteiger partial charge in [-0.2, -0.15) is 0 Å². The first kappa shape index (κ1) is 19.8. The predicted octanol–water partition coefficient (Wildman–Crippen LogP) is 3.32. The molecule has 0 saturated carbocycles. The van der Waals surface area contributed by atoms with Crippen LogP contribution in [0, 0.1) is 0 Å². The maximum absolute atomic E-state index is 12.8. The molecule has 4 rings (SSSR count). The molecule has 0 bridgehead atoms. The lowest BCUT2D eigenvalue weighted by Gasteiger charge is -2.15. The summed E-state index contributed by atoms with van der Waals surface area (Å²) in [6.45, 7) is 0.708. The molecule has 0 radical (unpaired) electrons. The molecule has 154 valence electrons. The van der Waals surface area contributed by atoms with Crippen LogP contribution in [-0.2, 0) is 25.8 Å². The summed E-state index contributed by atoms with van der Waals surface area (Å²) in [5.74, 6) is -1.51. The number of unbranched alkanes of at least 4 members (excludes halogenated alkanes) is 2. The number of pyridine rings is 1. The lowest BCUT2D eigenvalue weighted by Crippen LogP contribution is -2.31. The minimum atomic E-state index is -0.571. The van der Waals surface area contributed by atoms with Crippen LogP contribution in [0.1, 0.15) is 38.5 Å². The van der Waals surface area contributed by atoms with Gasteiger partial charge in [-0.05, 0) is 37.1 Å². The number of aryl methyl sites for hydroxylation is 1. The molecule has 3 aromatic rings. The normalized spacial score (nSPS) is 14.1. The molecule has 0 spiro atoms. The minimum absolute atomic E-state index is 0.0335. The summed E-state index contributed by atoms with van der Waals surface area (Å²) in [5, 5.41) is 1.97. The summed E-state index contributed by atoms with van der Waals surface area (Å²) in [7, 11) is 0. The van der Waals surface area contributed by atoms with Crippen LogP contribution >= 0.6 is 0 Å². The fourth-order valence-electron chi connectivity index (χ4n) is 3.84. The Bertz CT molecular complexity index is 1120. The smallest absolute Gasteiger partial charge is 0.333 e. The first-order chi connectivity index (χ1) is 14.6. The Labute approximate surface area is 172 Å². The second kappa shape index (κ2) is 8.49. The lowest BCUT2D eigenvalue weighted by atomic mass is 10.1. The predicted molar refractivity (Wildman–Crippen MR) is 111 cm³/mol. The van der Waals surface area contributed by atoms with Gasteiger partial charge in [-0.1, -0.05) is 30.7 Å². The van der Waals surface area contributed by atoms with Crippen molar-refractivity contribution in [3.8, 4) is 0 Å². The Morgan fingerprint density at radius 1 is 0.800 bits per heavy atom. The van der Waals surface area contributed by atoms with Crippen LogP contribution in [0.5, 0.6) is 0 Å². The van der Waals surface area contributed by atoms with E-state index in [0.717, 1.165) is 23.9 Å². The van der Waals surface area contributed by atoms with Gasteiger partial charge in [0.1, 0.15) is 0 Å². The molecule has 0 atom stereocenters. The number of carbonyl (C=O) groups is 3. The van der Waals surface area contributed by atoms with Gasteiger partial charge >= 0.3 is 5.97 Å². The van der Waals surface area contributed by atoms with Gasteiger partial charge < -0.3 is 9.40 Å². The van der Waals surface area contributed by atoms with E-state index in [2.05, 4.69) is 4.57 Å². The molecule has 2 heterocycles. The summed E-state index contributed by atoms with van der Waals surface area (Å²) in [5.41, 5.74) is 1.82. The molecular formula is C23H22N2O5. The van der Waals surface area contributed by atoms with Gasteiger partial charge in [0.05, 0.1) is 11.0 Å². The molecule has 2 amide bonds. The average molecular weight is 406 g/mol. The van der Waals surface area contributed by atoms with Gasteiger partial charge in [-0.25, -0.2) is 4.79 Å². The monoisotopic (exact) mass is 406 g/mol. The Morgan fingerprint density at radius 2 is 1.37 bits per heavy atom. The Balaban J connectivity index is 1.39. The van der Waals surface area contributed by atoms with Crippen molar-refractivity contribution in [2.45, 2.75) is 45.1 Å².